The van der Waals surface area contributed by atoms with Crippen molar-refractivity contribution in [3.63, 3.8) is 0 Å². The molecule has 6 heteroatoms. The standard InChI is InChI=1S/C15H12BrNO4/c1-21-15-7-4-11(16)9-13(15)14(18)8-10-2-5-12(6-3-10)17(19)20/h2-7,9H,8H2,1H3. The molecule has 0 aromatic heterocycles. The van der Waals surface area contributed by atoms with Crippen molar-refractivity contribution >= 4 is 27.4 Å². The molecule has 108 valence electrons. The first-order valence-electron chi connectivity index (χ1n) is 6.11. The Morgan fingerprint density at radius 1 is 1.24 bits per heavy atom. The Morgan fingerprint density at radius 3 is 2.48 bits per heavy atom. The van der Waals surface area contributed by atoms with Crippen LogP contribution in [0.1, 0.15) is 15.9 Å². The molecule has 0 saturated carbocycles. The van der Waals surface area contributed by atoms with E-state index in [0.29, 0.717) is 16.9 Å². The molecule has 0 N–H and O–H groups in total. The van der Waals surface area contributed by atoms with Crippen molar-refractivity contribution < 1.29 is 14.5 Å². The van der Waals surface area contributed by atoms with E-state index in [0.717, 1.165) is 4.47 Å². The summed E-state index contributed by atoms with van der Waals surface area (Å²) in [7, 11) is 1.51. The van der Waals surface area contributed by atoms with Crippen LogP contribution in [-0.2, 0) is 6.42 Å². The smallest absolute Gasteiger partial charge is 0.269 e. The van der Waals surface area contributed by atoms with E-state index >= 15 is 0 Å². The second-order valence-corrected chi connectivity index (χ2v) is 5.28. The normalized spacial score (nSPS) is 10.2. The number of rotatable bonds is 5. The zero-order valence-electron chi connectivity index (χ0n) is 11.2. The number of carbonyl (C=O) groups is 1. The Bertz CT molecular complexity index is 683. The van der Waals surface area contributed by atoms with Crippen LogP contribution >= 0.6 is 15.9 Å². The molecule has 0 aliphatic rings. The fourth-order valence-corrected chi connectivity index (χ4v) is 2.28. The maximum atomic E-state index is 12.3. The highest BCUT2D eigenvalue weighted by Gasteiger charge is 2.14. The monoisotopic (exact) mass is 349 g/mol. The summed E-state index contributed by atoms with van der Waals surface area (Å²) in [6.45, 7) is 0. The van der Waals surface area contributed by atoms with Crippen molar-refractivity contribution in [2.24, 2.45) is 0 Å². The van der Waals surface area contributed by atoms with Crippen molar-refractivity contribution in [3.8, 4) is 5.75 Å². The summed E-state index contributed by atoms with van der Waals surface area (Å²) >= 11 is 3.32. The van der Waals surface area contributed by atoms with Crippen LogP contribution in [-0.4, -0.2) is 17.8 Å². The summed E-state index contributed by atoms with van der Waals surface area (Å²) in [5.41, 5.74) is 1.20. The molecule has 0 aliphatic carbocycles. The van der Waals surface area contributed by atoms with Crippen LogP contribution in [0.15, 0.2) is 46.9 Å². The van der Waals surface area contributed by atoms with E-state index in [2.05, 4.69) is 15.9 Å². The minimum Gasteiger partial charge on any atom is -0.496 e. The summed E-state index contributed by atoms with van der Waals surface area (Å²) in [6, 6.07) is 11.2. The fraction of sp³-hybridized carbons (Fsp3) is 0.133. The summed E-state index contributed by atoms with van der Waals surface area (Å²) in [4.78, 5) is 22.5. The quantitative estimate of drug-likeness (QED) is 0.467. The molecule has 0 spiro atoms. The third kappa shape index (κ3) is 3.66. The van der Waals surface area contributed by atoms with Gasteiger partial charge in [-0.3, -0.25) is 14.9 Å². The number of methoxy groups -OCH3 is 1. The van der Waals surface area contributed by atoms with Gasteiger partial charge in [-0.25, -0.2) is 0 Å². The molecule has 2 rings (SSSR count). The minimum absolute atomic E-state index is 0.00577. The number of nitrogens with zero attached hydrogens (tertiary/aromatic N) is 1. The van der Waals surface area contributed by atoms with Crippen molar-refractivity contribution in [3.05, 3.63) is 68.2 Å². The lowest BCUT2D eigenvalue weighted by molar-refractivity contribution is -0.384. The van der Waals surface area contributed by atoms with Crippen LogP contribution in [0.4, 0.5) is 5.69 Å². The Balaban J connectivity index is 2.21. The van der Waals surface area contributed by atoms with Crippen molar-refractivity contribution in [2.45, 2.75) is 6.42 Å². The zero-order chi connectivity index (χ0) is 15.4. The Hall–Kier alpha value is -2.21. The molecule has 0 radical (unpaired) electrons. The number of ketones is 1. The summed E-state index contributed by atoms with van der Waals surface area (Å²) < 4.78 is 5.97. The average molecular weight is 350 g/mol. The molecule has 5 nitrogen and oxygen atoms in total. The van der Waals surface area contributed by atoms with Crippen LogP contribution in [0.25, 0.3) is 0 Å². The van der Waals surface area contributed by atoms with Crippen LogP contribution in [0.5, 0.6) is 5.75 Å². The van der Waals surface area contributed by atoms with E-state index < -0.39 is 4.92 Å². The van der Waals surface area contributed by atoms with Crippen LogP contribution in [0.2, 0.25) is 0 Å². The molecular weight excluding hydrogens is 338 g/mol. The van der Waals surface area contributed by atoms with Gasteiger partial charge in [0.2, 0.25) is 0 Å². The molecule has 0 fully saturated rings. The maximum Gasteiger partial charge on any atom is 0.269 e. The molecule has 21 heavy (non-hydrogen) atoms. The number of Topliss-reactive ketones (excluding diaryl/α,β-unsaturated/α-hetero) is 1. The van der Waals surface area contributed by atoms with Crippen LogP contribution in [0, 0.1) is 10.1 Å². The Kier molecular flexibility index (Phi) is 4.70. The fourth-order valence-electron chi connectivity index (χ4n) is 1.91. The third-order valence-corrected chi connectivity index (χ3v) is 3.47. The highest BCUT2D eigenvalue weighted by molar-refractivity contribution is 9.10. The van der Waals surface area contributed by atoms with Gasteiger partial charge in [-0.1, -0.05) is 28.1 Å². The molecule has 0 saturated heterocycles. The second-order valence-electron chi connectivity index (χ2n) is 4.37. The van der Waals surface area contributed by atoms with Gasteiger partial charge in [0.25, 0.3) is 5.69 Å². The average Bonchev–Trinajstić information content (AvgIpc) is 2.47. The lowest BCUT2D eigenvalue weighted by Crippen LogP contribution is -2.06. The van der Waals surface area contributed by atoms with E-state index in [-0.39, 0.29) is 17.9 Å². The van der Waals surface area contributed by atoms with Gasteiger partial charge in [-0.15, -0.1) is 0 Å². The minimum atomic E-state index is -0.469. The van der Waals surface area contributed by atoms with E-state index in [4.69, 9.17) is 4.74 Å². The molecule has 2 aromatic carbocycles. The number of benzene rings is 2. The van der Waals surface area contributed by atoms with Gasteiger partial charge < -0.3 is 4.74 Å². The van der Waals surface area contributed by atoms with E-state index in [9.17, 15) is 14.9 Å². The number of carbonyl (C=O) groups excluding carboxylic acids is 1. The van der Waals surface area contributed by atoms with Crippen molar-refractivity contribution in [1.82, 2.24) is 0 Å². The first-order chi connectivity index (χ1) is 10.0. The molecule has 0 bridgehead atoms. The first-order valence-corrected chi connectivity index (χ1v) is 6.90. The maximum absolute atomic E-state index is 12.3. The molecular formula is C15H12BrNO4. The summed E-state index contributed by atoms with van der Waals surface area (Å²) in [6.07, 6.45) is 0.158. The van der Waals surface area contributed by atoms with Crippen LogP contribution < -0.4 is 4.74 Å². The predicted molar refractivity (Wildman–Crippen MR) is 81.8 cm³/mol. The van der Waals surface area contributed by atoms with Gasteiger partial charge in [-0.2, -0.15) is 0 Å². The van der Waals surface area contributed by atoms with Gasteiger partial charge in [0.15, 0.2) is 5.78 Å². The first kappa shape index (κ1) is 15.2. The Labute approximate surface area is 129 Å². The third-order valence-electron chi connectivity index (χ3n) is 2.97. The second kappa shape index (κ2) is 6.49. The van der Waals surface area contributed by atoms with E-state index in [1.807, 2.05) is 0 Å². The van der Waals surface area contributed by atoms with Crippen molar-refractivity contribution in [1.29, 1.82) is 0 Å². The van der Waals surface area contributed by atoms with Gasteiger partial charge in [-0.05, 0) is 23.8 Å². The van der Waals surface area contributed by atoms with Crippen molar-refractivity contribution in [2.75, 3.05) is 7.11 Å². The van der Waals surface area contributed by atoms with E-state index in [1.54, 1.807) is 30.3 Å². The SMILES string of the molecule is COc1ccc(Br)cc1C(=O)Cc1ccc([N+](=O)[O-])cc1. The zero-order valence-corrected chi connectivity index (χ0v) is 12.8. The predicted octanol–water partition coefficient (Wildman–Crippen LogP) is 3.79. The molecule has 2 aromatic rings. The highest BCUT2D eigenvalue weighted by atomic mass is 79.9. The molecule has 0 heterocycles. The summed E-state index contributed by atoms with van der Waals surface area (Å²) in [5, 5.41) is 10.6. The number of hydrogen-bond acceptors (Lipinski definition) is 4. The molecule has 0 atom stereocenters. The lowest BCUT2D eigenvalue weighted by Gasteiger charge is -2.08. The Morgan fingerprint density at radius 2 is 1.90 bits per heavy atom. The van der Waals surface area contributed by atoms with Gasteiger partial charge >= 0.3 is 0 Å². The lowest BCUT2D eigenvalue weighted by atomic mass is 10.0. The number of non-ortho nitro benzene ring substituents is 1. The topological polar surface area (TPSA) is 69.4 Å². The highest BCUT2D eigenvalue weighted by Crippen LogP contribution is 2.24. The molecule has 0 unspecified atom stereocenters. The van der Waals surface area contributed by atoms with Gasteiger partial charge in [0, 0.05) is 23.0 Å². The van der Waals surface area contributed by atoms with Crippen LogP contribution in [0.3, 0.4) is 0 Å². The van der Waals surface area contributed by atoms with Gasteiger partial charge in [0.1, 0.15) is 5.75 Å². The number of hydrogen-bond donors (Lipinski definition) is 0. The summed E-state index contributed by atoms with van der Waals surface area (Å²) in [5.74, 6) is 0.395. The van der Waals surface area contributed by atoms with E-state index in [1.165, 1.54) is 19.2 Å². The number of nitro benzene ring substituents is 1. The molecule has 0 aliphatic heterocycles. The molecule has 0 amide bonds. The number of halogens is 1. The van der Waals surface area contributed by atoms with Gasteiger partial charge in [0.05, 0.1) is 17.6 Å². The number of nitro groups is 1. The largest absolute Gasteiger partial charge is 0.496 e. The number of ether oxygens (including phenoxy) is 1.